The molecule has 0 aliphatic heterocycles. The Hall–Kier alpha value is -3.21. The number of carbonyl (C=O) groups excluding carboxylic acids is 2. The second-order valence-corrected chi connectivity index (χ2v) is 4.82. The van der Waals surface area contributed by atoms with Gasteiger partial charge in [0.2, 0.25) is 5.91 Å². The normalized spacial score (nSPS) is 10.9. The Morgan fingerprint density at radius 2 is 1.83 bits per heavy atom. The number of esters is 1. The summed E-state index contributed by atoms with van der Waals surface area (Å²) in [7, 11) is 0. The summed E-state index contributed by atoms with van der Waals surface area (Å²) in [5, 5.41) is 2.76. The highest BCUT2D eigenvalue weighted by molar-refractivity contribution is 6.01. The SMILES string of the molecule is CCOC(=O)/C=C/c1ccc(NC(=O)/C=C/c2cccnc2)cc1. The van der Waals surface area contributed by atoms with Crippen LogP contribution in [0.15, 0.2) is 60.9 Å². The van der Waals surface area contributed by atoms with Gasteiger partial charge in [-0.05, 0) is 48.4 Å². The number of aromatic nitrogens is 1. The summed E-state index contributed by atoms with van der Waals surface area (Å²) in [6.45, 7) is 2.10. The molecule has 1 aromatic carbocycles. The standard InChI is InChI=1S/C19H18N2O3/c1-2-24-19(23)12-8-15-5-9-17(10-6-15)21-18(22)11-7-16-4-3-13-20-14-16/h3-14H,2H2,1H3,(H,21,22)/b11-7+,12-8+. The predicted molar refractivity (Wildman–Crippen MR) is 94.0 cm³/mol. The summed E-state index contributed by atoms with van der Waals surface area (Å²) in [4.78, 5) is 27.1. The molecule has 0 saturated heterocycles. The molecular formula is C19H18N2O3. The summed E-state index contributed by atoms with van der Waals surface area (Å²) in [5.41, 5.74) is 2.36. The number of ether oxygens (including phenoxy) is 1. The van der Waals surface area contributed by atoms with Crippen molar-refractivity contribution in [3.8, 4) is 0 Å². The lowest BCUT2D eigenvalue weighted by atomic mass is 10.2. The average Bonchev–Trinajstić information content (AvgIpc) is 2.60. The maximum absolute atomic E-state index is 11.9. The molecule has 1 aromatic heterocycles. The molecule has 5 nitrogen and oxygen atoms in total. The fraction of sp³-hybridized carbons (Fsp3) is 0.105. The van der Waals surface area contributed by atoms with Crippen molar-refractivity contribution in [3.05, 3.63) is 72.1 Å². The molecule has 0 aliphatic rings. The quantitative estimate of drug-likeness (QED) is 0.654. The van der Waals surface area contributed by atoms with Gasteiger partial charge in [-0.2, -0.15) is 0 Å². The van der Waals surface area contributed by atoms with Gasteiger partial charge in [-0.1, -0.05) is 18.2 Å². The first-order valence-electron chi connectivity index (χ1n) is 7.51. The van der Waals surface area contributed by atoms with Crippen molar-refractivity contribution in [2.24, 2.45) is 0 Å². The van der Waals surface area contributed by atoms with Gasteiger partial charge in [-0.3, -0.25) is 9.78 Å². The molecule has 0 spiro atoms. The highest BCUT2D eigenvalue weighted by Gasteiger charge is 1.98. The molecule has 1 heterocycles. The maximum Gasteiger partial charge on any atom is 0.330 e. The topological polar surface area (TPSA) is 68.3 Å². The van der Waals surface area contributed by atoms with E-state index in [0.717, 1.165) is 11.1 Å². The van der Waals surface area contributed by atoms with E-state index in [1.54, 1.807) is 61.8 Å². The number of carbonyl (C=O) groups is 2. The third kappa shape index (κ3) is 5.88. The minimum atomic E-state index is -0.379. The van der Waals surface area contributed by atoms with Crippen LogP contribution in [-0.4, -0.2) is 23.5 Å². The van der Waals surface area contributed by atoms with Gasteiger partial charge in [0, 0.05) is 30.2 Å². The Morgan fingerprint density at radius 1 is 1.08 bits per heavy atom. The summed E-state index contributed by atoms with van der Waals surface area (Å²) in [5.74, 6) is -0.607. The second kappa shape index (κ2) is 9.05. The summed E-state index contributed by atoms with van der Waals surface area (Å²) in [6.07, 6.45) is 9.52. The molecule has 24 heavy (non-hydrogen) atoms. The Labute approximate surface area is 140 Å². The van der Waals surface area contributed by atoms with E-state index in [2.05, 4.69) is 10.3 Å². The molecule has 2 rings (SSSR count). The molecule has 0 unspecified atom stereocenters. The van der Waals surface area contributed by atoms with Crippen LogP contribution in [0.2, 0.25) is 0 Å². The monoisotopic (exact) mass is 322 g/mol. The van der Waals surface area contributed by atoms with Crippen molar-refractivity contribution in [1.29, 1.82) is 0 Å². The van der Waals surface area contributed by atoms with Gasteiger partial charge in [0.25, 0.3) is 0 Å². The van der Waals surface area contributed by atoms with Crippen LogP contribution in [0.1, 0.15) is 18.1 Å². The molecule has 1 amide bonds. The largest absolute Gasteiger partial charge is 0.463 e. The number of pyridine rings is 1. The molecule has 122 valence electrons. The highest BCUT2D eigenvalue weighted by atomic mass is 16.5. The lowest BCUT2D eigenvalue weighted by molar-refractivity contribution is -0.137. The number of nitrogens with one attached hydrogen (secondary N) is 1. The number of nitrogens with zero attached hydrogens (tertiary/aromatic N) is 1. The van der Waals surface area contributed by atoms with Gasteiger partial charge >= 0.3 is 5.97 Å². The smallest absolute Gasteiger partial charge is 0.330 e. The van der Waals surface area contributed by atoms with Gasteiger partial charge in [0.15, 0.2) is 0 Å². The van der Waals surface area contributed by atoms with Gasteiger partial charge in [0.05, 0.1) is 6.61 Å². The van der Waals surface area contributed by atoms with E-state index >= 15 is 0 Å². The van der Waals surface area contributed by atoms with Crippen molar-refractivity contribution in [2.75, 3.05) is 11.9 Å². The van der Waals surface area contributed by atoms with Crippen LogP contribution in [0.25, 0.3) is 12.2 Å². The van der Waals surface area contributed by atoms with Crippen LogP contribution in [-0.2, 0) is 14.3 Å². The first kappa shape index (κ1) is 17.1. The second-order valence-electron chi connectivity index (χ2n) is 4.82. The van der Waals surface area contributed by atoms with E-state index in [-0.39, 0.29) is 11.9 Å². The number of benzene rings is 1. The lowest BCUT2D eigenvalue weighted by Gasteiger charge is -2.02. The molecule has 0 aliphatic carbocycles. The van der Waals surface area contributed by atoms with Crippen molar-refractivity contribution >= 4 is 29.7 Å². The van der Waals surface area contributed by atoms with Crippen LogP contribution >= 0.6 is 0 Å². The van der Waals surface area contributed by atoms with Gasteiger partial charge in [-0.25, -0.2) is 4.79 Å². The Kier molecular flexibility index (Phi) is 6.46. The first-order valence-corrected chi connectivity index (χ1v) is 7.51. The molecular weight excluding hydrogens is 304 g/mol. The summed E-state index contributed by atoms with van der Waals surface area (Å²) < 4.78 is 4.81. The summed E-state index contributed by atoms with van der Waals surface area (Å²) >= 11 is 0. The zero-order valence-electron chi connectivity index (χ0n) is 13.3. The maximum atomic E-state index is 11.9. The van der Waals surface area contributed by atoms with Crippen molar-refractivity contribution < 1.29 is 14.3 Å². The van der Waals surface area contributed by atoms with Gasteiger partial charge in [0.1, 0.15) is 0 Å². The number of amides is 1. The molecule has 1 N–H and O–H groups in total. The number of rotatable bonds is 6. The first-order chi connectivity index (χ1) is 11.7. The van der Waals surface area contributed by atoms with Crippen molar-refractivity contribution in [2.45, 2.75) is 6.92 Å². The van der Waals surface area contributed by atoms with Crippen LogP contribution in [0.5, 0.6) is 0 Å². The molecule has 0 fully saturated rings. The third-order valence-electron chi connectivity index (χ3n) is 2.99. The van der Waals surface area contributed by atoms with E-state index in [4.69, 9.17) is 4.74 Å². The van der Waals surface area contributed by atoms with Crippen molar-refractivity contribution in [1.82, 2.24) is 4.98 Å². The van der Waals surface area contributed by atoms with E-state index < -0.39 is 0 Å². The van der Waals surface area contributed by atoms with E-state index in [0.29, 0.717) is 12.3 Å². The molecule has 0 radical (unpaired) electrons. The fourth-order valence-electron chi connectivity index (χ4n) is 1.86. The Morgan fingerprint density at radius 3 is 2.50 bits per heavy atom. The van der Waals surface area contributed by atoms with E-state index in [1.807, 2.05) is 6.07 Å². The van der Waals surface area contributed by atoms with Crippen LogP contribution in [0, 0.1) is 0 Å². The zero-order valence-corrected chi connectivity index (χ0v) is 13.3. The average molecular weight is 322 g/mol. The zero-order chi connectivity index (χ0) is 17.2. The van der Waals surface area contributed by atoms with Crippen LogP contribution < -0.4 is 5.32 Å². The van der Waals surface area contributed by atoms with Crippen molar-refractivity contribution in [3.63, 3.8) is 0 Å². The number of anilines is 1. The van der Waals surface area contributed by atoms with Crippen LogP contribution in [0.4, 0.5) is 5.69 Å². The summed E-state index contributed by atoms with van der Waals surface area (Å²) in [6, 6.07) is 10.8. The highest BCUT2D eigenvalue weighted by Crippen LogP contribution is 2.11. The predicted octanol–water partition coefficient (Wildman–Crippen LogP) is 3.31. The lowest BCUT2D eigenvalue weighted by Crippen LogP contribution is -2.07. The van der Waals surface area contributed by atoms with Crippen LogP contribution in [0.3, 0.4) is 0 Å². The van der Waals surface area contributed by atoms with E-state index in [1.165, 1.54) is 12.2 Å². The van der Waals surface area contributed by atoms with Gasteiger partial charge in [-0.15, -0.1) is 0 Å². The minimum absolute atomic E-state index is 0.228. The molecule has 0 atom stereocenters. The molecule has 5 heteroatoms. The minimum Gasteiger partial charge on any atom is -0.463 e. The van der Waals surface area contributed by atoms with Gasteiger partial charge < -0.3 is 10.1 Å². The molecule has 0 saturated carbocycles. The number of hydrogen-bond acceptors (Lipinski definition) is 4. The third-order valence-corrected chi connectivity index (χ3v) is 2.99. The Balaban J connectivity index is 1.90. The molecule has 0 bridgehead atoms. The van der Waals surface area contributed by atoms with E-state index in [9.17, 15) is 9.59 Å². The Bertz CT molecular complexity index is 735. The molecule has 2 aromatic rings. The fourth-order valence-corrected chi connectivity index (χ4v) is 1.86. The number of hydrogen-bond donors (Lipinski definition) is 1.